The lowest BCUT2D eigenvalue weighted by molar-refractivity contribution is -0.136. The van der Waals surface area contributed by atoms with Crippen LogP contribution in [0, 0.1) is 5.82 Å². The Morgan fingerprint density at radius 3 is 2.49 bits per heavy atom. The summed E-state index contributed by atoms with van der Waals surface area (Å²) in [7, 11) is 1.39. The van der Waals surface area contributed by atoms with Gasteiger partial charge >= 0.3 is 5.97 Å². The molecule has 0 bridgehead atoms. The molecule has 3 aromatic rings. The summed E-state index contributed by atoms with van der Waals surface area (Å²) in [5, 5.41) is 0. The summed E-state index contributed by atoms with van der Waals surface area (Å²) < 4.78 is 30.1. The molecule has 194 valence electrons. The molecular weight excluding hydrogens is 469 g/mol. The smallest absolute Gasteiger partial charge is 0.333 e. The second-order valence-corrected chi connectivity index (χ2v) is 8.95. The fourth-order valence-electron chi connectivity index (χ4n) is 4.55. The number of hydrogen-bond acceptors (Lipinski definition) is 5. The number of anilines is 1. The summed E-state index contributed by atoms with van der Waals surface area (Å²) in [5.41, 5.74) is 5.02. The van der Waals surface area contributed by atoms with Crippen LogP contribution in [0.1, 0.15) is 37.3 Å². The average molecular weight is 504 g/mol. The van der Waals surface area contributed by atoms with Crippen molar-refractivity contribution in [3.63, 3.8) is 0 Å². The lowest BCUT2D eigenvalue weighted by Crippen LogP contribution is -2.25. The van der Waals surface area contributed by atoms with Gasteiger partial charge in [0.2, 0.25) is 0 Å². The van der Waals surface area contributed by atoms with Crippen LogP contribution >= 0.6 is 0 Å². The molecule has 0 aromatic heterocycles. The highest BCUT2D eigenvalue weighted by atomic mass is 19.1. The number of esters is 1. The number of methoxy groups -OCH3 is 1. The predicted octanol–water partition coefficient (Wildman–Crippen LogP) is 6.65. The molecule has 0 radical (unpaired) electrons. The van der Waals surface area contributed by atoms with Crippen molar-refractivity contribution in [1.82, 2.24) is 0 Å². The molecule has 2 heterocycles. The summed E-state index contributed by atoms with van der Waals surface area (Å²) in [6.45, 7) is 5.53. The summed E-state index contributed by atoms with van der Waals surface area (Å²) in [4.78, 5) is 14.5. The SMILES string of the molecule is C1CCOC1.CCOc1ccccc1-c1ccc2c(c1)C=C(C(=O)OC)CCN2Cc1ccccc1F. The van der Waals surface area contributed by atoms with Crippen molar-refractivity contribution in [2.45, 2.75) is 32.7 Å². The molecule has 5 rings (SSSR count). The van der Waals surface area contributed by atoms with Gasteiger partial charge < -0.3 is 19.1 Å². The number of rotatable bonds is 6. The molecule has 0 atom stereocenters. The second-order valence-electron chi connectivity index (χ2n) is 8.95. The van der Waals surface area contributed by atoms with Crippen LogP contribution in [0.2, 0.25) is 0 Å². The first-order valence-electron chi connectivity index (χ1n) is 12.8. The maximum atomic E-state index is 14.4. The highest BCUT2D eigenvalue weighted by Crippen LogP contribution is 2.36. The lowest BCUT2D eigenvalue weighted by Gasteiger charge is -2.26. The Morgan fingerprint density at radius 2 is 1.78 bits per heavy atom. The van der Waals surface area contributed by atoms with Crippen molar-refractivity contribution in [2.75, 3.05) is 38.4 Å². The van der Waals surface area contributed by atoms with E-state index < -0.39 is 0 Å². The summed E-state index contributed by atoms with van der Waals surface area (Å²) in [6.07, 6.45) is 4.95. The molecule has 3 aromatic carbocycles. The molecule has 6 heteroatoms. The lowest BCUT2D eigenvalue weighted by atomic mass is 9.99. The van der Waals surface area contributed by atoms with Gasteiger partial charge in [-0.2, -0.15) is 0 Å². The first-order chi connectivity index (χ1) is 18.1. The Kier molecular flexibility index (Phi) is 9.33. The van der Waals surface area contributed by atoms with Crippen molar-refractivity contribution in [2.24, 2.45) is 0 Å². The number of para-hydroxylation sites is 1. The van der Waals surface area contributed by atoms with Crippen LogP contribution in [-0.4, -0.2) is 39.4 Å². The third-order valence-corrected chi connectivity index (χ3v) is 6.44. The number of ether oxygens (including phenoxy) is 3. The van der Waals surface area contributed by atoms with Gasteiger partial charge in [-0.05, 0) is 67.7 Å². The predicted molar refractivity (Wildman–Crippen MR) is 145 cm³/mol. The van der Waals surface area contributed by atoms with E-state index in [1.165, 1.54) is 26.0 Å². The third-order valence-electron chi connectivity index (χ3n) is 6.44. The van der Waals surface area contributed by atoms with E-state index in [0.717, 1.165) is 41.3 Å². The Balaban J connectivity index is 0.000000572. The number of halogens is 1. The quantitative estimate of drug-likeness (QED) is 0.352. The van der Waals surface area contributed by atoms with E-state index in [1.807, 2.05) is 55.5 Å². The molecule has 2 aliphatic heterocycles. The molecule has 2 aliphatic rings. The standard InChI is InChI=1S/C27H26FNO3.C4H8O/c1-3-32-26-11-7-5-9-23(26)19-12-13-25-22(16-19)17-20(27(30)31-2)14-15-29(25)18-21-8-4-6-10-24(21)28;1-2-4-5-3-1/h4-13,16-17H,3,14-15,18H2,1-2H3;1-4H2. The molecule has 0 saturated carbocycles. The minimum absolute atomic E-state index is 0.235. The fraction of sp³-hybridized carbons (Fsp3) is 0.323. The number of fused-ring (bicyclic) bond motifs is 1. The van der Waals surface area contributed by atoms with E-state index in [-0.39, 0.29) is 11.8 Å². The highest BCUT2D eigenvalue weighted by Gasteiger charge is 2.21. The zero-order valence-corrected chi connectivity index (χ0v) is 21.5. The maximum absolute atomic E-state index is 14.4. The number of carbonyl (C=O) groups is 1. The van der Waals surface area contributed by atoms with Gasteiger partial charge in [-0.3, -0.25) is 0 Å². The van der Waals surface area contributed by atoms with E-state index in [9.17, 15) is 9.18 Å². The van der Waals surface area contributed by atoms with Crippen molar-refractivity contribution in [1.29, 1.82) is 0 Å². The third kappa shape index (κ3) is 6.77. The average Bonchev–Trinajstić information content (AvgIpc) is 3.46. The zero-order chi connectivity index (χ0) is 26.0. The topological polar surface area (TPSA) is 48.0 Å². The molecule has 37 heavy (non-hydrogen) atoms. The molecule has 1 saturated heterocycles. The molecule has 0 spiro atoms. The molecular formula is C31H34FNO4. The van der Waals surface area contributed by atoms with Crippen LogP contribution < -0.4 is 9.64 Å². The first kappa shape index (κ1) is 26.4. The van der Waals surface area contributed by atoms with Gasteiger partial charge in [-0.15, -0.1) is 0 Å². The summed E-state index contributed by atoms with van der Waals surface area (Å²) >= 11 is 0. The van der Waals surface area contributed by atoms with Gasteiger partial charge in [0.05, 0.1) is 13.7 Å². The van der Waals surface area contributed by atoms with Crippen LogP contribution in [0.4, 0.5) is 10.1 Å². The second kappa shape index (κ2) is 13.1. The van der Waals surface area contributed by atoms with Crippen LogP contribution in [0.25, 0.3) is 17.2 Å². The number of hydrogen-bond donors (Lipinski definition) is 0. The van der Waals surface area contributed by atoms with Crippen LogP contribution in [-0.2, 0) is 20.8 Å². The van der Waals surface area contributed by atoms with Crippen LogP contribution in [0.15, 0.2) is 72.3 Å². The van der Waals surface area contributed by atoms with E-state index in [1.54, 1.807) is 12.1 Å². The molecule has 0 unspecified atom stereocenters. The van der Waals surface area contributed by atoms with Gasteiger partial charge in [0.25, 0.3) is 0 Å². The fourth-order valence-corrected chi connectivity index (χ4v) is 4.55. The molecule has 0 amide bonds. The van der Waals surface area contributed by atoms with Crippen molar-refractivity contribution in [3.8, 4) is 16.9 Å². The minimum atomic E-state index is -0.344. The monoisotopic (exact) mass is 503 g/mol. The van der Waals surface area contributed by atoms with Gasteiger partial charge in [0, 0.05) is 48.7 Å². The van der Waals surface area contributed by atoms with Gasteiger partial charge in [0.15, 0.2) is 0 Å². The highest BCUT2D eigenvalue weighted by molar-refractivity contribution is 5.96. The number of nitrogens with zero attached hydrogens (tertiary/aromatic N) is 1. The van der Waals surface area contributed by atoms with E-state index in [4.69, 9.17) is 14.2 Å². The Morgan fingerprint density at radius 1 is 1.03 bits per heavy atom. The zero-order valence-electron chi connectivity index (χ0n) is 21.5. The Bertz CT molecular complexity index is 1230. The Hall–Kier alpha value is -3.64. The van der Waals surface area contributed by atoms with Crippen molar-refractivity contribution < 1.29 is 23.4 Å². The van der Waals surface area contributed by atoms with Gasteiger partial charge in [-0.25, -0.2) is 9.18 Å². The van der Waals surface area contributed by atoms with Crippen molar-refractivity contribution in [3.05, 3.63) is 89.2 Å². The number of carbonyl (C=O) groups excluding carboxylic acids is 1. The maximum Gasteiger partial charge on any atom is 0.333 e. The molecule has 0 aliphatic carbocycles. The van der Waals surface area contributed by atoms with E-state index in [0.29, 0.717) is 37.3 Å². The van der Waals surface area contributed by atoms with Crippen LogP contribution in [0.3, 0.4) is 0 Å². The minimum Gasteiger partial charge on any atom is -0.493 e. The summed E-state index contributed by atoms with van der Waals surface area (Å²) in [5.74, 6) is 0.231. The van der Waals surface area contributed by atoms with Crippen molar-refractivity contribution >= 4 is 17.7 Å². The van der Waals surface area contributed by atoms with Gasteiger partial charge in [-0.1, -0.05) is 42.5 Å². The first-order valence-corrected chi connectivity index (χ1v) is 12.8. The van der Waals surface area contributed by atoms with Gasteiger partial charge in [0.1, 0.15) is 11.6 Å². The Labute approximate surface area is 218 Å². The number of benzene rings is 3. The normalized spacial score (nSPS) is 14.6. The summed E-state index contributed by atoms with van der Waals surface area (Å²) in [6, 6.07) is 20.8. The largest absolute Gasteiger partial charge is 0.493 e. The van der Waals surface area contributed by atoms with E-state index >= 15 is 0 Å². The molecule has 5 nitrogen and oxygen atoms in total. The van der Waals surface area contributed by atoms with Crippen LogP contribution in [0.5, 0.6) is 5.75 Å². The van der Waals surface area contributed by atoms with E-state index in [2.05, 4.69) is 11.0 Å². The molecule has 0 N–H and O–H groups in total. The molecule has 1 fully saturated rings.